The quantitative estimate of drug-likeness (QED) is 0.417. The molecule has 0 aliphatic rings. The summed E-state index contributed by atoms with van der Waals surface area (Å²) < 4.78 is 26.5. The zero-order valence-corrected chi connectivity index (χ0v) is 23.1. The maximum atomic E-state index is 13.6. The van der Waals surface area contributed by atoms with Crippen molar-refractivity contribution in [2.24, 2.45) is 0 Å². The van der Waals surface area contributed by atoms with Gasteiger partial charge in [0.05, 0.1) is 22.0 Å². The first kappa shape index (κ1) is 28.9. The minimum absolute atomic E-state index is 0.0580. The molecule has 0 heterocycles. The van der Waals surface area contributed by atoms with Crippen molar-refractivity contribution >= 4 is 50.7 Å². The van der Waals surface area contributed by atoms with Crippen LogP contribution in [0.5, 0.6) is 0 Å². The van der Waals surface area contributed by atoms with Crippen molar-refractivity contribution < 1.29 is 18.0 Å². The SMILES string of the molecule is CCCCNC(=O)C(C)N(Cc1ccc(Cl)c(Cl)c1)C(=O)CN(c1cc(C)ccc1C)S(C)(=O)=O. The molecule has 0 saturated carbocycles. The Labute approximate surface area is 218 Å². The van der Waals surface area contributed by atoms with E-state index in [1.807, 2.05) is 26.0 Å². The standard InChI is InChI=1S/C25H33Cl2N3O4S/c1-6-7-12-28-25(32)19(4)29(15-20-10-11-21(26)22(27)14-20)24(31)16-30(35(5,33)34)23-13-17(2)8-9-18(23)3/h8-11,13-14,19H,6-7,12,15-16H2,1-5H3,(H,28,32). The number of carbonyl (C=O) groups is 2. The third-order valence-corrected chi connectivity index (χ3v) is 7.51. The lowest BCUT2D eigenvalue weighted by Crippen LogP contribution is -2.51. The smallest absolute Gasteiger partial charge is 0.244 e. The highest BCUT2D eigenvalue weighted by Gasteiger charge is 2.30. The van der Waals surface area contributed by atoms with E-state index >= 15 is 0 Å². The summed E-state index contributed by atoms with van der Waals surface area (Å²) in [6.45, 7) is 7.38. The molecule has 0 aliphatic carbocycles. The number of amides is 2. The number of hydrogen-bond acceptors (Lipinski definition) is 4. The van der Waals surface area contributed by atoms with Gasteiger partial charge in [0, 0.05) is 13.1 Å². The number of unbranched alkanes of at least 4 members (excludes halogenated alkanes) is 1. The van der Waals surface area contributed by atoms with Gasteiger partial charge in [-0.1, -0.05) is 54.7 Å². The van der Waals surface area contributed by atoms with Gasteiger partial charge in [-0.3, -0.25) is 13.9 Å². The summed E-state index contributed by atoms with van der Waals surface area (Å²) in [5, 5.41) is 3.54. The monoisotopic (exact) mass is 541 g/mol. The first-order chi connectivity index (χ1) is 16.3. The molecule has 0 aromatic heterocycles. The number of hydrogen-bond donors (Lipinski definition) is 1. The first-order valence-electron chi connectivity index (χ1n) is 11.4. The number of carbonyl (C=O) groups excluding carboxylic acids is 2. The Bertz CT molecular complexity index is 1170. The van der Waals surface area contributed by atoms with E-state index in [9.17, 15) is 18.0 Å². The molecule has 10 heteroatoms. The lowest BCUT2D eigenvalue weighted by molar-refractivity contribution is -0.139. The van der Waals surface area contributed by atoms with Crippen LogP contribution in [-0.2, 0) is 26.2 Å². The molecule has 0 radical (unpaired) electrons. The fraction of sp³-hybridized carbons (Fsp3) is 0.440. The van der Waals surface area contributed by atoms with Gasteiger partial charge in [-0.05, 0) is 62.1 Å². The van der Waals surface area contributed by atoms with Gasteiger partial charge in [-0.15, -0.1) is 0 Å². The molecule has 0 aliphatic heterocycles. The summed E-state index contributed by atoms with van der Waals surface area (Å²) in [5.41, 5.74) is 2.67. The molecule has 35 heavy (non-hydrogen) atoms. The number of nitrogens with one attached hydrogen (secondary N) is 1. The average Bonchev–Trinajstić information content (AvgIpc) is 2.78. The van der Waals surface area contributed by atoms with Gasteiger partial charge in [0.2, 0.25) is 21.8 Å². The highest BCUT2D eigenvalue weighted by Crippen LogP contribution is 2.26. The van der Waals surface area contributed by atoms with Crippen LogP contribution in [0.2, 0.25) is 10.0 Å². The molecule has 2 rings (SSSR count). The summed E-state index contributed by atoms with van der Waals surface area (Å²) in [5.74, 6) is -0.829. The van der Waals surface area contributed by atoms with Crippen molar-refractivity contribution in [3.63, 3.8) is 0 Å². The topological polar surface area (TPSA) is 86.8 Å². The van der Waals surface area contributed by atoms with Crippen molar-refractivity contribution in [1.29, 1.82) is 0 Å². The maximum absolute atomic E-state index is 13.6. The lowest BCUT2D eigenvalue weighted by atomic mass is 10.1. The fourth-order valence-corrected chi connectivity index (χ4v) is 4.76. The Hall–Kier alpha value is -2.29. The first-order valence-corrected chi connectivity index (χ1v) is 14.0. The van der Waals surface area contributed by atoms with E-state index in [-0.39, 0.29) is 12.5 Å². The number of aryl methyl sites for hydroxylation is 2. The minimum atomic E-state index is -3.79. The number of halogens is 2. The summed E-state index contributed by atoms with van der Waals surface area (Å²) in [7, 11) is -3.79. The van der Waals surface area contributed by atoms with Gasteiger partial charge in [0.15, 0.2) is 0 Å². The van der Waals surface area contributed by atoms with Gasteiger partial charge in [0.25, 0.3) is 0 Å². The Kier molecular flexibility index (Phi) is 10.4. The van der Waals surface area contributed by atoms with E-state index in [2.05, 4.69) is 5.32 Å². The van der Waals surface area contributed by atoms with Crippen LogP contribution in [-0.4, -0.2) is 50.5 Å². The third kappa shape index (κ3) is 8.12. The predicted octanol–water partition coefficient (Wildman–Crippen LogP) is 4.71. The predicted molar refractivity (Wildman–Crippen MR) is 142 cm³/mol. The molecule has 192 valence electrons. The molecule has 2 amide bonds. The van der Waals surface area contributed by atoms with E-state index < -0.39 is 28.5 Å². The van der Waals surface area contributed by atoms with Crippen LogP contribution in [0.25, 0.3) is 0 Å². The molecule has 1 unspecified atom stereocenters. The van der Waals surface area contributed by atoms with Gasteiger partial charge in [-0.2, -0.15) is 0 Å². The van der Waals surface area contributed by atoms with Gasteiger partial charge < -0.3 is 10.2 Å². The summed E-state index contributed by atoms with van der Waals surface area (Å²) in [6, 6.07) is 9.54. The number of anilines is 1. The zero-order valence-electron chi connectivity index (χ0n) is 20.8. The molecule has 0 saturated heterocycles. The van der Waals surface area contributed by atoms with Crippen molar-refractivity contribution in [2.75, 3.05) is 23.7 Å². The van der Waals surface area contributed by atoms with Crippen LogP contribution >= 0.6 is 23.2 Å². The molecule has 2 aromatic carbocycles. The third-order valence-electron chi connectivity index (χ3n) is 5.65. The van der Waals surface area contributed by atoms with E-state index in [0.717, 1.165) is 34.5 Å². The average molecular weight is 543 g/mol. The largest absolute Gasteiger partial charge is 0.354 e. The minimum Gasteiger partial charge on any atom is -0.354 e. The van der Waals surface area contributed by atoms with Crippen molar-refractivity contribution in [3.8, 4) is 0 Å². The van der Waals surface area contributed by atoms with Crippen molar-refractivity contribution in [3.05, 3.63) is 63.1 Å². The molecular formula is C25H33Cl2N3O4S. The number of rotatable bonds is 11. The summed E-state index contributed by atoms with van der Waals surface area (Å²) in [6.07, 6.45) is 2.79. The van der Waals surface area contributed by atoms with Crippen LogP contribution in [0, 0.1) is 13.8 Å². The van der Waals surface area contributed by atoms with Crippen LogP contribution < -0.4 is 9.62 Å². The van der Waals surface area contributed by atoms with E-state index in [1.54, 1.807) is 38.1 Å². The van der Waals surface area contributed by atoms with Crippen LogP contribution in [0.4, 0.5) is 5.69 Å². The molecule has 1 N–H and O–H groups in total. The normalized spacial score (nSPS) is 12.2. The van der Waals surface area contributed by atoms with E-state index in [1.165, 1.54) is 4.90 Å². The number of sulfonamides is 1. The number of nitrogens with zero attached hydrogens (tertiary/aromatic N) is 2. The van der Waals surface area contributed by atoms with Gasteiger partial charge in [0.1, 0.15) is 12.6 Å². The van der Waals surface area contributed by atoms with Gasteiger partial charge in [-0.25, -0.2) is 8.42 Å². The Morgan fingerprint density at radius 3 is 2.34 bits per heavy atom. The van der Waals surface area contributed by atoms with Crippen LogP contribution in [0.1, 0.15) is 43.4 Å². The molecule has 0 spiro atoms. The second-order valence-corrected chi connectivity index (χ2v) is 11.4. The van der Waals surface area contributed by atoms with E-state index in [0.29, 0.717) is 27.8 Å². The maximum Gasteiger partial charge on any atom is 0.244 e. The molecule has 1 atom stereocenters. The molecule has 0 bridgehead atoms. The van der Waals surface area contributed by atoms with Gasteiger partial charge >= 0.3 is 0 Å². The Morgan fingerprint density at radius 1 is 1.06 bits per heavy atom. The Balaban J connectivity index is 2.42. The Morgan fingerprint density at radius 2 is 1.74 bits per heavy atom. The number of benzene rings is 2. The van der Waals surface area contributed by atoms with Crippen molar-refractivity contribution in [1.82, 2.24) is 10.2 Å². The molecule has 0 fully saturated rings. The fourth-order valence-electron chi connectivity index (χ4n) is 3.54. The van der Waals surface area contributed by atoms with Crippen LogP contribution in [0.15, 0.2) is 36.4 Å². The zero-order chi connectivity index (χ0) is 26.3. The summed E-state index contributed by atoms with van der Waals surface area (Å²) >= 11 is 12.2. The molecule has 2 aromatic rings. The van der Waals surface area contributed by atoms with Crippen molar-refractivity contribution in [2.45, 2.75) is 53.1 Å². The highest BCUT2D eigenvalue weighted by atomic mass is 35.5. The molecular weight excluding hydrogens is 509 g/mol. The lowest BCUT2D eigenvalue weighted by Gasteiger charge is -2.32. The second kappa shape index (κ2) is 12.6. The summed E-state index contributed by atoms with van der Waals surface area (Å²) in [4.78, 5) is 27.8. The second-order valence-electron chi connectivity index (χ2n) is 8.65. The highest BCUT2D eigenvalue weighted by molar-refractivity contribution is 7.92. The van der Waals surface area contributed by atoms with E-state index in [4.69, 9.17) is 23.2 Å². The van der Waals surface area contributed by atoms with Crippen LogP contribution in [0.3, 0.4) is 0 Å². The molecule has 7 nitrogen and oxygen atoms in total.